The molecule has 3 N–H and O–H groups in total. The third-order valence-electron chi connectivity index (χ3n) is 3.12. The van der Waals surface area contributed by atoms with Gasteiger partial charge in [0.15, 0.2) is 0 Å². The van der Waals surface area contributed by atoms with Crippen molar-refractivity contribution in [3.8, 4) is 0 Å². The van der Waals surface area contributed by atoms with Crippen LogP contribution in [0.25, 0.3) is 0 Å². The van der Waals surface area contributed by atoms with Crippen molar-refractivity contribution in [3.05, 3.63) is 12.5 Å². The molecule has 1 fully saturated rings. The van der Waals surface area contributed by atoms with Crippen molar-refractivity contribution < 1.29 is 5.11 Å². The highest BCUT2D eigenvalue weighted by Crippen LogP contribution is 2.31. The number of nitrogen functional groups attached to an aromatic ring is 1. The number of hydrogen-bond acceptors (Lipinski definition) is 3. The zero-order valence-electron chi connectivity index (χ0n) is 8.26. The van der Waals surface area contributed by atoms with Crippen LogP contribution in [-0.2, 0) is 0 Å². The SMILES string of the molecule is Nc1cn(C2CCC(CO)CC2)cn1. The maximum atomic E-state index is 9.01. The second-order valence-corrected chi connectivity index (χ2v) is 4.10. The molecule has 1 aliphatic rings. The summed E-state index contributed by atoms with van der Waals surface area (Å²) in [5, 5.41) is 9.01. The Hall–Kier alpha value is -1.03. The summed E-state index contributed by atoms with van der Waals surface area (Å²) in [7, 11) is 0. The Morgan fingerprint density at radius 2 is 2.14 bits per heavy atom. The fourth-order valence-electron chi connectivity index (χ4n) is 2.18. The largest absolute Gasteiger partial charge is 0.396 e. The Morgan fingerprint density at radius 1 is 1.43 bits per heavy atom. The fraction of sp³-hybridized carbons (Fsp3) is 0.700. The van der Waals surface area contributed by atoms with Crippen LogP contribution in [0, 0.1) is 5.92 Å². The number of nitrogens with two attached hydrogens (primary N) is 1. The van der Waals surface area contributed by atoms with Gasteiger partial charge in [-0.25, -0.2) is 4.98 Å². The van der Waals surface area contributed by atoms with Crippen LogP contribution < -0.4 is 5.73 Å². The van der Waals surface area contributed by atoms with Gasteiger partial charge in [0.2, 0.25) is 0 Å². The van der Waals surface area contributed by atoms with Crippen molar-refractivity contribution in [2.24, 2.45) is 5.92 Å². The second-order valence-electron chi connectivity index (χ2n) is 4.10. The molecular weight excluding hydrogens is 178 g/mol. The first-order valence-corrected chi connectivity index (χ1v) is 5.19. The van der Waals surface area contributed by atoms with Gasteiger partial charge in [0.1, 0.15) is 5.82 Å². The molecular formula is C10H17N3O. The first-order chi connectivity index (χ1) is 6.79. The van der Waals surface area contributed by atoms with Crippen LogP contribution in [0.5, 0.6) is 0 Å². The van der Waals surface area contributed by atoms with E-state index >= 15 is 0 Å². The lowest BCUT2D eigenvalue weighted by Gasteiger charge is -2.27. The summed E-state index contributed by atoms with van der Waals surface area (Å²) in [6, 6.07) is 0.530. The highest BCUT2D eigenvalue weighted by molar-refractivity contribution is 5.22. The van der Waals surface area contributed by atoms with Gasteiger partial charge in [-0.2, -0.15) is 0 Å². The van der Waals surface area contributed by atoms with Gasteiger partial charge in [-0.05, 0) is 31.6 Å². The standard InChI is InChI=1S/C10H17N3O/c11-10-5-13(7-12-10)9-3-1-8(6-14)2-4-9/h5,7-9,14H,1-4,6,11H2. The van der Waals surface area contributed by atoms with Crippen molar-refractivity contribution in [1.82, 2.24) is 9.55 Å². The van der Waals surface area contributed by atoms with Crippen molar-refractivity contribution in [3.63, 3.8) is 0 Å². The molecule has 0 saturated heterocycles. The summed E-state index contributed by atoms with van der Waals surface area (Å²) >= 11 is 0. The minimum atomic E-state index is 0.332. The normalized spacial score (nSPS) is 27.8. The minimum absolute atomic E-state index is 0.332. The van der Waals surface area contributed by atoms with Crippen LogP contribution in [0.4, 0.5) is 5.82 Å². The lowest BCUT2D eigenvalue weighted by molar-refractivity contribution is 0.169. The van der Waals surface area contributed by atoms with Crippen LogP contribution in [-0.4, -0.2) is 21.3 Å². The van der Waals surface area contributed by atoms with E-state index in [1.54, 1.807) is 6.33 Å². The number of hydrogen-bond donors (Lipinski definition) is 2. The molecule has 4 nitrogen and oxygen atoms in total. The van der Waals surface area contributed by atoms with Crippen LogP contribution >= 0.6 is 0 Å². The molecule has 1 heterocycles. The molecule has 4 heteroatoms. The first-order valence-electron chi connectivity index (χ1n) is 5.19. The van der Waals surface area contributed by atoms with Gasteiger partial charge in [-0.1, -0.05) is 0 Å². The van der Waals surface area contributed by atoms with Gasteiger partial charge in [0.25, 0.3) is 0 Å². The summed E-state index contributed by atoms with van der Waals surface area (Å²) < 4.78 is 2.10. The number of aliphatic hydroxyl groups excluding tert-OH is 1. The van der Waals surface area contributed by atoms with Crippen LogP contribution in [0.2, 0.25) is 0 Å². The maximum absolute atomic E-state index is 9.01. The highest BCUT2D eigenvalue weighted by atomic mass is 16.3. The van der Waals surface area contributed by atoms with E-state index in [4.69, 9.17) is 10.8 Å². The van der Waals surface area contributed by atoms with Gasteiger partial charge in [0, 0.05) is 18.8 Å². The molecule has 14 heavy (non-hydrogen) atoms. The number of anilines is 1. The van der Waals surface area contributed by atoms with Crippen molar-refractivity contribution >= 4 is 5.82 Å². The zero-order valence-corrected chi connectivity index (χ0v) is 8.26. The first kappa shape index (κ1) is 9.52. The Balaban J connectivity index is 1.95. The lowest BCUT2D eigenvalue weighted by Crippen LogP contribution is -2.19. The molecule has 2 rings (SSSR count). The van der Waals surface area contributed by atoms with E-state index < -0.39 is 0 Å². The Morgan fingerprint density at radius 3 is 2.64 bits per heavy atom. The molecule has 0 aliphatic heterocycles. The molecule has 0 amide bonds. The van der Waals surface area contributed by atoms with E-state index in [0.717, 1.165) is 25.7 Å². The zero-order chi connectivity index (χ0) is 9.97. The molecule has 0 aromatic carbocycles. The predicted octanol–water partition coefficient (Wildman–Crippen LogP) is 1.19. The van der Waals surface area contributed by atoms with E-state index in [-0.39, 0.29) is 0 Å². The van der Waals surface area contributed by atoms with Crippen molar-refractivity contribution in [1.29, 1.82) is 0 Å². The summed E-state index contributed by atoms with van der Waals surface area (Å²) in [5.74, 6) is 1.10. The summed E-state index contributed by atoms with van der Waals surface area (Å²) in [5.41, 5.74) is 5.57. The van der Waals surface area contributed by atoms with Gasteiger partial charge in [0.05, 0.1) is 6.33 Å². The number of nitrogens with zero attached hydrogens (tertiary/aromatic N) is 2. The van der Waals surface area contributed by atoms with E-state index in [2.05, 4.69) is 9.55 Å². The maximum Gasteiger partial charge on any atom is 0.141 e. The average Bonchev–Trinajstić information content (AvgIpc) is 2.65. The molecule has 0 unspecified atom stereocenters. The van der Waals surface area contributed by atoms with Crippen LogP contribution in [0.1, 0.15) is 31.7 Å². The number of aromatic nitrogens is 2. The molecule has 78 valence electrons. The number of aliphatic hydroxyl groups is 1. The third-order valence-corrected chi connectivity index (χ3v) is 3.12. The minimum Gasteiger partial charge on any atom is -0.396 e. The summed E-state index contributed by atoms with van der Waals surface area (Å²) in [4.78, 5) is 4.02. The molecule has 1 aliphatic carbocycles. The van der Waals surface area contributed by atoms with E-state index in [1.165, 1.54) is 0 Å². The third kappa shape index (κ3) is 1.90. The van der Waals surface area contributed by atoms with Crippen LogP contribution in [0.15, 0.2) is 12.5 Å². The molecule has 0 atom stereocenters. The van der Waals surface area contributed by atoms with E-state index in [0.29, 0.717) is 24.4 Å². The Kier molecular flexibility index (Phi) is 2.72. The molecule has 1 saturated carbocycles. The van der Waals surface area contributed by atoms with Crippen molar-refractivity contribution in [2.75, 3.05) is 12.3 Å². The highest BCUT2D eigenvalue weighted by Gasteiger charge is 2.21. The molecule has 0 spiro atoms. The van der Waals surface area contributed by atoms with E-state index in [9.17, 15) is 0 Å². The quantitative estimate of drug-likeness (QED) is 0.745. The summed E-state index contributed by atoms with van der Waals surface area (Å²) in [6.45, 7) is 0.332. The lowest BCUT2D eigenvalue weighted by atomic mass is 9.86. The Bertz CT molecular complexity index is 289. The van der Waals surface area contributed by atoms with E-state index in [1.807, 2.05) is 6.20 Å². The van der Waals surface area contributed by atoms with Gasteiger partial charge in [-0.3, -0.25) is 0 Å². The molecule has 0 bridgehead atoms. The molecule has 1 aromatic rings. The molecule has 0 radical (unpaired) electrons. The van der Waals surface area contributed by atoms with Gasteiger partial charge < -0.3 is 15.4 Å². The molecule has 1 aromatic heterocycles. The van der Waals surface area contributed by atoms with Crippen molar-refractivity contribution in [2.45, 2.75) is 31.7 Å². The number of rotatable bonds is 2. The van der Waals surface area contributed by atoms with Gasteiger partial charge in [-0.15, -0.1) is 0 Å². The summed E-state index contributed by atoms with van der Waals surface area (Å²) in [6.07, 6.45) is 8.17. The monoisotopic (exact) mass is 195 g/mol. The van der Waals surface area contributed by atoms with Crippen LogP contribution in [0.3, 0.4) is 0 Å². The topological polar surface area (TPSA) is 64.1 Å². The Labute approximate surface area is 83.8 Å². The number of imidazole rings is 1. The smallest absolute Gasteiger partial charge is 0.141 e. The average molecular weight is 195 g/mol. The predicted molar refractivity (Wildman–Crippen MR) is 54.7 cm³/mol. The second kappa shape index (κ2) is 4.00. The van der Waals surface area contributed by atoms with Gasteiger partial charge >= 0.3 is 0 Å². The fourth-order valence-corrected chi connectivity index (χ4v) is 2.18.